The van der Waals surface area contributed by atoms with Gasteiger partial charge < -0.3 is 24.6 Å². The van der Waals surface area contributed by atoms with E-state index in [0.29, 0.717) is 25.4 Å². The first-order chi connectivity index (χ1) is 27.5. The molecule has 7 rings (SSSR count). The van der Waals surface area contributed by atoms with E-state index in [9.17, 15) is 23.5 Å². The molecule has 2 N–H and O–H groups in total. The Bertz CT molecular complexity index is 1980. The smallest absolute Gasteiger partial charge is 0.258 e. The lowest BCUT2D eigenvalue weighted by atomic mass is 9.56. The number of aliphatic hydroxyl groups is 1. The van der Waals surface area contributed by atoms with E-state index in [-0.39, 0.29) is 41.3 Å². The molecule has 324 valence electrons. The van der Waals surface area contributed by atoms with E-state index in [1.54, 1.807) is 20.9 Å². The van der Waals surface area contributed by atoms with Crippen molar-refractivity contribution < 1.29 is 27.9 Å². The van der Waals surface area contributed by atoms with Crippen molar-refractivity contribution in [3.8, 4) is 10.4 Å². The van der Waals surface area contributed by atoms with Gasteiger partial charge in [-0.15, -0.1) is 16.4 Å². The number of benzene rings is 1. The van der Waals surface area contributed by atoms with Crippen molar-refractivity contribution in [2.75, 3.05) is 32.8 Å². The summed E-state index contributed by atoms with van der Waals surface area (Å²) in [5.74, 6) is -2.67. The number of amides is 2. The summed E-state index contributed by atoms with van der Waals surface area (Å²) in [5.41, 5.74) is 4.19. The van der Waals surface area contributed by atoms with Crippen LogP contribution < -0.4 is 5.32 Å². The lowest BCUT2D eigenvalue weighted by Gasteiger charge is -2.52. The second-order valence-electron chi connectivity index (χ2n) is 21.0. The predicted octanol–water partition coefficient (Wildman–Crippen LogP) is 7.66. The van der Waals surface area contributed by atoms with Gasteiger partial charge in [-0.1, -0.05) is 71.0 Å². The van der Waals surface area contributed by atoms with E-state index in [0.717, 1.165) is 72.6 Å². The summed E-state index contributed by atoms with van der Waals surface area (Å²) in [4.78, 5) is 38.4. The number of nitrogens with one attached hydrogen (secondary N) is 1. The highest BCUT2D eigenvalue weighted by Gasteiger charge is 2.71. The number of carbonyl (C=O) groups excluding carboxylic acids is 2. The predicted molar refractivity (Wildman–Crippen MR) is 228 cm³/mol. The number of hydrogen-bond donors (Lipinski definition) is 2. The molecule has 2 aromatic heterocycles. The Morgan fingerprint density at radius 2 is 1.75 bits per heavy atom. The number of alkyl halides is 2. The molecule has 0 radical (unpaired) electrons. The van der Waals surface area contributed by atoms with Gasteiger partial charge >= 0.3 is 0 Å². The molecule has 3 aromatic rings. The summed E-state index contributed by atoms with van der Waals surface area (Å²) >= 11 is 1.61. The summed E-state index contributed by atoms with van der Waals surface area (Å²) in [6.45, 7) is 21.1. The molecule has 2 aliphatic carbocycles. The van der Waals surface area contributed by atoms with Gasteiger partial charge in [-0.05, 0) is 98.1 Å². The van der Waals surface area contributed by atoms with Crippen molar-refractivity contribution in [1.82, 2.24) is 35.1 Å². The third-order valence-corrected chi connectivity index (χ3v) is 19.8. The average Bonchev–Trinajstić information content (AvgIpc) is 3.66. The molecule has 11 nitrogen and oxygen atoms in total. The molecule has 2 amide bonds. The van der Waals surface area contributed by atoms with Crippen LogP contribution in [0.1, 0.15) is 103 Å². The van der Waals surface area contributed by atoms with Crippen LogP contribution in [0.3, 0.4) is 0 Å². The highest BCUT2D eigenvalue weighted by molar-refractivity contribution is 7.13. The van der Waals surface area contributed by atoms with Crippen LogP contribution in [-0.2, 0) is 27.0 Å². The number of aromatic nitrogens is 4. The van der Waals surface area contributed by atoms with Gasteiger partial charge in [0.2, 0.25) is 11.8 Å². The molecule has 4 fully saturated rings. The number of likely N-dealkylation sites (tertiary alicyclic amines) is 2. The Morgan fingerprint density at radius 1 is 1.08 bits per heavy atom. The largest absolute Gasteiger partial charge is 0.412 e. The molecule has 2 aliphatic heterocycles. The molecule has 4 heterocycles. The van der Waals surface area contributed by atoms with Crippen molar-refractivity contribution in [2.45, 2.75) is 142 Å². The van der Waals surface area contributed by atoms with Gasteiger partial charge in [0.15, 0.2) is 8.32 Å². The number of aryl methyl sites for hydroxylation is 1. The van der Waals surface area contributed by atoms with Gasteiger partial charge in [0, 0.05) is 38.7 Å². The molecule has 2 saturated heterocycles. The van der Waals surface area contributed by atoms with Crippen LogP contribution in [0.4, 0.5) is 8.78 Å². The van der Waals surface area contributed by atoms with Gasteiger partial charge in [0.25, 0.3) is 5.92 Å². The number of piperidine rings is 1. The molecular weight excluding hydrogens is 789 g/mol. The van der Waals surface area contributed by atoms with E-state index >= 15 is 0 Å². The number of rotatable bonds is 13. The first-order valence-electron chi connectivity index (χ1n) is 21.4. The lowest BCUT2D eigenvalue weighted by molar-refractivity contribution is -0.144. The zero-order valence-corrected chi connectivity index (χ0v) is 38.3. The van der Waals surface area contributed by atoms with E-state index in [2.05, 4.69) is 71.5 Å². The fourth-order valence-corrected chi connectivity index (χ4v) is 11.8. The monoisotopic (exact) mass is 853 g/mol. The minimum Gasteiger partial charge on any atom is -0.412 e. The maximum Gasteiger partial charge on any atom is 0.258 e. The highest BCUT2D eigenvalue weighted by Crippen LogP contribution is 2.61. The van der Waals surface area contributed by atoms with Crippen molar-refractivity contribution in [1.29, 1.82) is 0 Å². The van der Waals surface area contributed by atoms with Crippen molar-refractivity contribution in [3.05, 3.63) is 52.9 Å². The fraction of sp³-hybridized carbons (Fsp3) is 0.705. The van der Waals surface area contributed by atoms with E-state index in [1.165, 1.54) is 0 Å². The van der Waals surface area contributed by atoms with Gasteiger partial charge in [0.05, 0.1) is 39.9 Å². The number of halogens is 2. The normalized spacial score (nSPS) is 25.3. The van der Waals surface area contributed by atoms with Gasteiger partial charge in [-0.3, -0.25) is 9.59 Å². The zero-order valence-electron chi connectivity index (χ0n) is 36.5. The van der Waals surface area contributed by atoms with Crippen LogP contribution in [0.5, 0.6) is 0 Å². The number of nitrogens with zero attached hydrogens (tertiary/aromatic N) is 6. The Balaban J connectivity index is 1.01. The molecule has 0 bridgehead atoms. The number of hydrogen-bond acceptors (Lipinski definition) is 9. The SMILES string of the molecule is Cc1ncsc1-c1ccc(CNC(=O)[C@@H]2C[C@@H](O[Si](C)(C)C(C)(C)C)CN2C(=O)[C@@H](n2cc(CC3CC4(CCN(C[C@@]5(CO)CC5(F)F)CC4)C3)nn2)C(C)(C)C)cc1. The molecule has 1 spiro atoms. The molecular formula is C44H65F2N7O4SSi. The van der Waals surface area contributed by atoms with Crippen molar-refractivity contribution in [2.24, 2.45) is 22.2 Å². The highest BCUT2D eigenvalue weighted by atomic mass is 32.1. The first kappa shape index (κ1) is 44.0. The van der Waals surface area contributed by atoms with Gasteiger partial charge in [-0.25, -0.2) is 18.4 Å². The second-order valence-corrected chi connectivity index (χ2v) is 26.6. The number of aliphatic hydroxyl groups excluding tert-OH is 1. The van der Waals surface area contributed by atoms with Crippen LogP contribution in [-0.4, -0.2) is 106 Å². The summed E-state index contributed by atoms with van der Waals surface area (Å²) in [6.07, 6.45) is 6.70. The topological polar surface area (TPSA) is 126 Å². The Kier molecular flexibility index (Phi) is 11.9. The van der Waals surface area contributed by atoms with E-state index < -0.39 is 43.8 Å². The molecule has 15 heteroatoms. The van der Waals surface area contributed by atoms with Crippen LogP contribution in [0.2, 0.25) is 18.1 Å². The van der Waals surface area contributed by atoms with Crippen LogP contribution in [0.15, 0.2) is 36.0 Å². The molecule has 2 saturated carbocycles. The molecule has 0 unspecified atom stereocenters. The van der Waals surface area contributed by atoms with Gasteiger partial charge in [0.1, 0.15) is 12.1 Å². The van der Waals surface area contributed by atoms with Crippen molar-refractivity contribution in [3.63, 3.8) is 0 Å². The fourth-order valence-electron chi connectivity index (χ4n) is 9.60. The average molecular weight is 854 g/mol. The molecule has 4 aliphatic rings. The van der Waals surface area contributed by atoms with Crippen LogP contribution in [0, 0.1) is 29.1 Å². The maximum absolute atomic E-state index is 14.9. The van der Waals surface area contributed by atoms with E-state index in [4.69, 9.17) is 4.43 Å². The Hall–Kier alpha value is -3.11. The summed E-state index contributed by atoms with van der Waals surface area (Å²) < 4.78 is 36.5. The quantitative estimate of drug-likeness (QED) is 0.168. The Labute approximate surface area is 353 Å². The first-order valence-corrected chi connectivity index (χ1v) is 25.2. The maximum atomic E-state index is 14.9. The summed E-state index contributed by atoms with van der Waals surface area (Å²) in [5, 5.41) is 21.9. The number of carbonyl (C=O) groups is 2. The summed E-state index contributed by atoms with van der Waals surface area (Å²) in [7, 11) is -2.21. The standard InChI is InChI=1S/C44H65F2N7O4SSi/c1-29-36(58-28-48-29)32-12-10-30(11-13-32)22-47-38(55)35-19-34(57-59(8,9)41(5,6)7)24-52(35)39(56)37(40(2,3)4)53-23-33(49-50-53)18-31-20-42(21-31)14-16-51(17-15-42)26-43(27-54)25-44(43,45)46/h10-13,23,28,31,34-35,37,54H,14-22,24-27H2,1-9H3,(H,47,55)/t34-,35+,37-,43-/m1/s1. The zero-order chi connectivity index (χ0) is 42.8. The van der Waals surface area contributed by atoms with Gasteiger partial charge in [-0.2, -0.15) is 0 Å². The van der Waals surface area contributed by atoms with E-state index in [1.807, 2.05) is 51.5 Å². The summed E-state index contributed by atoms with van der Waals surface area (Å²) in [6, 6.07) is 6.77. The molecule has 1 aromatic carbocycles. The Morgan fingerprint density at radius 3 is 2.31 bits per heavy atom. The minimum absolute atomic E-state index is 0.0329. The molecule has 59 heavy (non-hydrogen) atoms. The minimum atomic E-state index is -2.75. The molecule has 4 atom stereocenters. The third kappa shape index (κ3) is 9.10. The van der Waals surface area contributed by atoms with Crippen LogP contribution >= 0.6 is 11.3 Å². The van der Waals surface area contributed by atoms with Crippen molar-refractivity contribution >= 4 is 31.5 Å². The lowest BCUT2D eigenvalue weighted by Crippen LogP contribution is -2.50. The second kappa shape index (κ2) is 16.0. The number of thiazole rings is 1. The third-order valence-electron chi connectivity index (χ3n) is 14.3. The van der Waals surface area contributed by atoms with Crippen LogP contribution in [0.25, 0.3) is 10.4 Å².